The van der Waals surface area contributed by atoms with Gasteiger partial charge in [0.15, 0.2) is 6.61 Å². The molecule has 0 bridgehead atoms. The van der Waals surface area contributed by atoms with Crippen molar-refractivity contribution in [2.24, 2.45) is 0 Å². The van der Waals surface area contributed by atoms with E-state index >= 15 is 0 Å². The molecular weight excluding hydrogens is 392 g/mol. The van der Waals surface area contributed by atoms with Gasteiger partial charge in [-0.3, -0.25) is 4.79 Å². The highest BCUT2D eigenvalue weighted by Crippen LogP contribution is 2.30. The van der Waals surface area contributed by atoms with Gasteiger partial charge in [-0.05, 0) is 17.7 Å². The SMILES string of the molecule is COc1cc(N)c(Cl)cc1C(=O)OCC(=O)Nc1ccccc1-c1ccccc1. The maximum absolute atomic E-state index is 12.4. The van der Waals surface area contributed by atoms with Crippen LogP contribution in [0.4, 0.5) is 11.4 Å². The lowest BCUT2D eigenvalue weighted by Gasteiger charge is -2.13. The monoisotopic (exact) mass is 410 g/mol. The average Bonchev–Trinajstić information content (AvgIpc) is 2.74. The van der Waals surface area contributed by atoms with Crippen LogP contribution in [0.5, 0.6) is 5.75 Å². The molecule has 0 saturated heterocycles. The largest absolute Gasteiger partial charge is 0.496 e. The number of para-hydroxylation sites is 1. The van der Waals surface area contributed by atoms with E-state index in [1.807, 2.05) is 48.5 Å². The van der Waals surface area contributed by atoms with Gasteiger partial charge in [0.25, 0.3) is 5.91 Å². The minimum absolute atomic E-state index is 0.0872. The van der Waals surface area contributed by atoms with Gasteiger partial charge in [-0.15, -0.1) is 0 Å². The predicted octanol–water partition coefficient (Wildman–Crippen LogP) is 4.39. The van der Waals surface area contributed by atoms with Gasteiger partial charge in [0.2, 0.25) is 0 Å². The Morgan fingerprint density at radius 2 is 1.72 bits per heavy atom. The number of carbonyl (C=O) groups excluding carboxylic acids is 2. The topological polar surface area (TPSA) is 90.7 Å². The highest BCUT2D eigenvalue weighted by atomic mass is 35.5. The molecule has 3 N–H and O–H groups in total. The van der Waals surface area contributed by atoms with Crippen LogP contribution in [0.2, 0.25) is 5.02 Å². The number of benzene rings is 3. The van der Waals surface area contributed by atoms with Gasteiger partial charge in [-0.1, -0.05) is 60.1 Å². The second kappa shape index (κ2) is 9.12. The van der Waals surface area contributed by atoms with E-state index in [2.05, 4.69) is 5.32 Å². The lowest BCUT2D eigenvalue weighted by molar-refractivity contribution is -0.119. The summed E-state index contributed by atoms with van der Waals surface area (Å²) >= 11 is 5.96. The van der Waals surface area contributed by atoms with Crippen molar-refractivity contribution in [1.82, 2.24) is 0 Å². The second-order valence-electron chi connectivity index (χ2n) is 6.11. The Balaban J connectivity index is 1.69. The summed E-state index contributed by atoms with van der Waals surface area (Å²) in [4.78, 5) is 24.7. The zero-order valence-electron chi connectivity index (χ0n) is 15.6. The number of hydrogen-bond donors (Lipinski definition) is 2. The van der Waals surface area contributed by atoms with Crippen molar-refractivity contribution in [1.29, 1.82) is 0 Å². The molecule has 0 atom stereocenters. The number of carbonyl (C=O) groups is 2. The first-order valence-electron chi connectivity index (χ1n) is 8.74. The molecule has 0 spiro atoms. The number of nitrogen functional groups attached to an aromatic ring is 1. The Morgan fingerprint density at radius 3 is 2.45 bits per heavy atom. The molecule has 0 aliphatic rings. The summed E-state index contributed by atoms with van der Waals surface area (Å²) in [5.74, 6) is -0.996. The highest BCUT2D eigenvalue weighted by molar-refractivity contribution is 6.33. The molecule has 1 amide bonds. The Hall–Kier alpha value is -3.51. The molecule has 0 aliphatic heterocycles. The van der Waals surface area contributed by atoms with E-state index in [-0.39, 0.29) is 22.0 Å². The van der Waals surface area contributed by atoms with Crippen LogP contribution in [0.15, 0.2) is 66.7 Å². The third kappa shape index (κ3) is 4.86. The molecule has 0 radical (unpaired) electrons. The summed E-state index contributed by atoms with van der Waals surface area (Å²) in [6, 6.07) is 19.8. The van der Waals surface area contributed by atoms with Crippen molar-refractivity contribution in [2.75, 3.05) is 24.8 Å². The number of methoxy groups -OCH3 is 1. The number of esters is 1. The van der Waals surface area contributed by atoms with Crippen molar-refractivity contribution in [3.8, 4) is 16.9 Å². The highest BCUT2D eigenvalue weighted by Gasteiger charge is 2.18. The Morgan fingerprint density at radius 1 is 1.03 bits per heavy atom. The van der Waals surface area contributed by atoms with E-state index in [9.17, 15) is 9.59 Å². The number of amides is 1. The van der Waals surface area contributed by atoms with Gasteiger partial charge in [0.1, 0.15) is 11.3 Å². The fourth-order valence-electron chi connectivity index (χ4n) is 2.75. The van der Waals surface area contributed by atoms with Gasteiger partial charge < -0.3 is 20.5 Å². The lowest BCUT2D eigenvalue weighted by Crippen LogP contribution is -2.21. The quantitative estimate of drug-likeness (QED) is 0.464. The third-order valence-electron chi connectivity index (χ3n) is 4.16. The van der Waals surface area contributed by atoms with Gasteiger partial charge in [0.05, 0.1) is 17.8 Å². The number of hydrogen-bond acceptors (Lipinski definition) is 5. The average molecular weight is 411 g/mol. The molecule has 29 heavy (non-hydrogen) atoms. The molecule has 3 rings (SSSR count). The smallest absolute Gasteiger partial charge is 0.342 e. The molecule has 6 nitrogen and oxygen atoms in total. The number of halogens is 1. The van der Waals surface area contributed by atoms with Crippen molar-refractivity contribution in [3.63, 3.8) is 0 Å². The third-order valence-corrected chi connectivity index (χ3v) is 4.49. The first kappa shape index (κ1) is 20.2. The fourth-order valence-corrected chi connectivity index (χ4v) is 2.92. The van der Waals surface area contributed by atoms with Gasteiger partial charge in [0, 0.05) is 17.3 Å². The molecule has 0 aromatic heterocycles. The molecule has 0 saturated carbocycles. The molecule has 0 fully saturated rings. The van der Waals surface area contributed by atoms with Crippen LogP contribution in [0.25, 0.3) is 11.1 Å². The summed E-state index contributed by atoms with van der Waals surface area (Å²) in [5, 5.41) is 2.96. The standard InChI is InChI=1S/C22H19ClN2O4/c1-28-20-12-18(24)17(23)11-16(20)22(27)29-13-21(26)25-19-10-6-5-9-15(19)14-7-3-2-4-8-14/h2-12H,13,24H2,1H3,(H,25,26). The summed E-state index contributed by atoms with van der Waals surface area (Å²) in [5.41, 5.74) is 8.51. The summed E-state index contributed by atoms with van der Waals surface area (Å²) < 4.78 is 10.2. The van der Waals surface area contributed by atoms with Crippen LogP contribution in [0.1, 0.15) is 10.4 Å². The van der Waals surface area contributed by atoms with Gasteiger partial charge in [-0.2, -0.15) is 0 Å². The van der Waals surface area contributed by atoms with Gasteiger partial charge >= 0.3 is 5.97 Å². The van der Waals surface area contributed by atoms with Crippen LogP contribution in [-0.4, -0.2) is 25.6 Å². The maximum Gasteiger partial charge on any atom is 0.342 e. The number of anilines is 2. The Bertz CT molecular complexity index is 1040. The number of nitrogens with two attached hydrogens (primary N) is 1. The molecule has 3 aromatic carbocycles. The number of ether oxygens (including phenoxy) is 2. The minimum Gasteiger partial charge on any atom is -0.496 e. The Kier molecular flexibility index (Phi) is 6.36. The number of rotatable bonds is 6. The van der Waals surface area contributed by atoms with Crippen LogP contribution >= 0.6 is 11.6 Å². The summed E-state index contributed by atoms with van der Waals surface area (Å²) in [6.45, 7) is -0.465. The second-order valence-corrected chi connectivity index (χ2v) is 6.52. The molecular formula is C22H19ClN2O4. The molecule has 0 heterocycles. The van der Waals surface area contributed by atoms with Gasteiger partial charge in [-0.25, -0.2) is 4.79 Å². The van der Waals surface area contributed by atoms with Crippen LogP contribution < -0.4 is 15.8 Å². The lowest BCUT2D eigenvalue weighted by atomic mass is 10.0. The fraction of sp³-hybridized carbons (Fsp3) is 0.0909. The van der Waals surface area contributed by atoms with E-state index in [0.717, 1.165) is 11.1 Å². The number of nitrogens with one attached hydrogen (secondary N) is 1. The predicted molar refractivity (Wildman–Crippen MR) is 113 cm³/mol. The van der Waals surface area contributed by atoms with E-state index in [4.69, 9.17) is 26.8 Å². The first-order chi connectivity index (χ1) is 14.0. The minimum atomic E-state index is -0.741. The normalized spacial score (nSPS) is 10.3. The van der Waals surface area contributed by atoms with Crippen LogP contribution in [-0.2, 0) is 9.53 Å². The molecule has 7 heteroatoms. The zero-order valence-corrected chi connectivity index (χ0v) is 16.4. The molecule has 0 unspecified atom stereocenters. The first-order valence-corrected chi connectivity index (χ1v) is 9.12. The van der Waals surface area contributed by atoms with E-state index in [0.29, 0.717) is 5.69 Å². The molecule has 3 aromatic rings. The Labute approximate surface area is 173 Å². The molecule has 0 aliphatic carbocycles. The van der Waals surface area contributed by atoms with E-state index in [1.54, 1.807) is 6.07 Å². The van der Waals surface area contributed by atoms with E-state index in [1.165, 1.54) is 19.2 Å². The van der Waals surface area contributed by atoms with Crippen molar-refractivity contribution < 1.29 is 19.1 Å². The van der Waals surface area contributed by atoms with Crippen LogP contribution in [0.3, 0.4) is 0 Å². The summed E-state index contributed by atoms with van der Waals surface area (Å²) in [6.07, 6.45) is 0. The van der Waals surface area contributed by atoms with E-state index < -0.39 is 18.5 Å². The maximum atomic E-state index is 12.4. The van der Waals surface area contributed by atoms with Crippen molar-refractivity contribution in [3.05, 3.63) is 77.3 Å². The summed E-state index contributed by atoms with van der Waals surface area (Å²) in [7, 11) is 1.40. The molecule has 148 valence electrons. The van der Waals surface area contributed by atoms with Crippen molar-refractivity contribution >= 4 is 34.9 Å². The van der Waals surface area contributed by atoms with Crippen molar-refractivity contribution in [2.45, 2.75) is 0 Å². The van der Waals surface area contributed by atoms with Crippen LogP contribution in [0, 0.1) is 0 Å². The zero-order chi connectivity index (χ0) is 20.8.